The van der Waals surface area contributed by atoms with Crippen molar-refractivity contribution < 1.29 is 27.6 Å². The summed E-state index contributed by atoms with van der Waals surface area (Å²) < 4.78 is 50.6. The number of nitrogens with zero attached hydrogens (tertiary/aromatic N) is 2. The first-order chi connectivity index (χ1) is 24.1. The molecule has 3 heterocycles. The molecule has 5 rings (SSSR count). The van der Waals surface area contributed by atoms with Crippen LogP contribution in [0.15, 0.2) is 65.4 Å². The maximum absolute atomic E-state index is 13.9. The fourth-order valence-electron chi connectivity index (χ4n) is 5.18. The molecule has 0 saturated carbocycles. The van der Waals surface area contributed by atoms with Crippen LogP contribution in [0.25, 0.3) is 11.1 Å². The number of nitrogen functional groups attached to an aromatic ring is 2. The number of nitrogens with two attached hydrogens (primary N) is 2. The average Bonchev–Trinajstić information content (AvgIpc) is 3.26. The summed E-state index contributed by atoms with van der Waals surface area (Å²) in [5, 5.41) is 0. The molecular weight excluding hydrogens is 729 g/mol. The number of halogens is 3. The molecule has 0 radical (unpaired) electrons. The van der Waals surface area contributed by atoms with Gasteiger partial charge in [-0.2, -0.15) is 0 Å². The summed E-state index contributed by atoms with van der Waals surface area (Å²) in [7, 11) is -0.373. The van der Waals surface area contributed by atoms with Gasteiger partial charge in [-0.1, -0.05) is 27.7 Å². The predicted octanol–water partition coefficient (Wildman–Crippen LogP) is 9.84. The number of aromatic nitrogens is 2. The SMILES string of the molecule is CC(C)Oc1cc(-c2cc(F)cc(C(C)C)c2N)ccn1.CC(C)Oc1cc(B2OC(C)(C)C(C)(C)O2)ccn1.CC(C)c1cc(F)cc(Br)c1N. The highest BCUT2D eigenvalue weighted by molar-refractivity contribution is 9.10. The third kappa shape index (κ3) is 11.4. The summed E-state index contributed by atoms with van der Waals surface area (Å²) in [5.41, 5.74) is 16.6. The standard InChI is InChI=1S/C17H21FN2O.C14H22BNO3.C9H11BrFN/c1-10(2)14-8-13(18)9-15(17(14)19)12-5-6-20-16(7-12)21-11(3)4;1-10(2)17-12-9-11(7-8-16-12)15-18-13(3,4)14(5,6)19-15;1-5(2)7-3-6(11)4-8(10)9(7)12/h5-11H,19H2,1-4H3;7-10H,1-6H3;3-5H,12H2,1-2H3. The van der Waals surface area contributed by atoms with E-state index in [1.165, 1.54) is 24.3 Å². The van der Waals surface area contributed by atoms with Gasteiger partial charge in [-0.25, -0.2) is 18.7 Å². The van der Waals surface area contributed by atoms with Crippen molar-refractivity contribution in [3.8, 4) is 22.9 Å². The van der Waals surface area contributed by atoms with E-state index in [0.29, 0.717) is 33.2 Å². The Hall–Kier alpha value is -3.74. The number of benzene rings is 2. The van der Waals surface area contributed by atoms with Crippen molar-refractivity contribution in [3.63, 3.8) is 0 Å². The molecule has 4 aromatic rings. The molecule has 0 bridgehead atoms. The quantitative estimate of drug-likeness (QED) is 0.134. The number of hydrogen-bond donors (Lipinski definition) is 2. The van der Waals surface area contributed by atoms with Crippen molar-refractivity contribution in [1.29, 1.82) is 0 Å². The van der Waals surface area contributed by atoms with Crippen LogP contribution in [0.1, 0.15) is 106 Å². The summed E-state index contributed by atoms with van der Waals surface area (Å²) in [4.78, 5) is 8.35. The van der Waals surface area contributed by atoms with Gasteiger partial charge >= 0.3 is 7.12 Å². The Morgan fingerprint density at radius 2 is 1.13 bits per heavy atom. The molecule has 0 spiro atoms. The van der Waals surface area contributed by atoms with Gasteiger partial charge in [-0.3, -0.25) is 0 Å². The van der Waals surface area contributed by atoms with E-state index in [1.807, 2.05) is 101 Å². The van der Waals surface area contributed by atoms with Gasteiger partial charge in [0.15, 0.2) is 0 Å². The van der Waals surface area contributed by atoms with Crippen LogP contribution in [0.4, 0.5) is 20.2 Å². The van der Waals surface area contributed by atoms with Crippen LogP contribution < -0.4 is 26.4 Å². The predicted molar refractivity (Wildman–Crippen MR) is 212 cm³/mol. The Morgan fingerprint density at radius 3 is 1.63 bits per heavy atom. The Labute approximate surface area is 317 Å². The van der Waals surface area contributed by atoms with E-state index in [2.05, 4.69) is 25.9 Å². The van der Waals surface area contributed by atoms with Gasteiger partial charge in [0, 0.05) is 45.9 Å². The molecular formula is C40H54BBrF2N4O4. The number of ether oxygens (including phenoxy) is 2. The van der Waals surface area contributed by atoms with Crippen molar-refractivity contribution in [2.75, 3.05) is 11.5 Å². The largest absolute Gasteiger partial charge is 0.495 e. The molecule has 1 saturated heterocycles. The Bertz CT molecular complexity index is 1790. The van der Waals surface area contributed by atoms with Crippen LogP contribution in [0.2, 0.25) is 0 Å². The molecule has 2 aromatic carbocycles. The summed E-state index contributed by atoms with van der Waals surface area (Å²) >= 11 is 3.20. The fraction of sp³-hybridized carbons (Fsp3) is 0.450. The molecule has 12 heteroatoms. The van der Waals surface area contributed by atoms with E-state index in [0.717, 1.165) is 22.2 Å². The molecule has 4 N–H and O–H groups in total. The van der Waals surface area contributed by atoms with Gasteiger partial charge in [0.2, 0.25) is 11.8 Å². The number of pyridine rings is 2. The van der Waals surface area contributed by atoms with Gasteiger partial charge in [-0.05, 0) is 142 Å². The second kappa shape index (κ2) is 17.9. The monoisotopic (exact) mass is 782 g/mol. The number of hydrogen-bond acceptors (Lipinski definition) is 8. The van der Waals surface area contributed by atoms with Crippen LogP contribution in [-0.4, -0.2) is 40.5 Å². The first kappa shape index (κ1) is 42.7. The van der Waals surface area contributed by atoms with E-state index in [-0.39, 0.29) is 54.0 Å². The van der Waals surface area contributed by atoms with E-state index < -0.39 is 0 Å². The van der Waals surface area contributed by atoms with Crippen molar-refractivity contribution in [1.82, 2.24) is 9.97 Å². The van der Waals surface area contributed by atoms with Gasteiger partial charge in [0.1, 0.15) is 11.6 Å². The van der Waals surface area contributed by atoms with E-state index >= 15 is 0 Å². The minimum atomic E-state index is -0.373. The Morgan fingerprint density at radius 1 is 0.673 bits per heavy atom. The third-order valence-corrected chi connectivity index (χ3v) is 9.25. The van der Waals surface area contributed by atoms with E-state index in [4.69, 9.17) is 30.2 Å². The molecule has 1 fully saturated rings. The highest BCUT2D eigenvalue weighted by Crippen LogP contribution is 2.37. The fourth-order valence-corrected chi connectivity index (χ4v) is 5.62. The third-order valence-electron chi connectivity index (χ3n) is 8.59. The lowest BCUT2D eigenvalue weighted by Crippen LogP contribution is -2.41. The first-order valence-electron chi connectivity index (χ1n) is 17.6. The van der Waals surface area contributed by atoms with Crippen LogP contribution >= 0.6 is 15.9 Å². The second-order valence-corrected chi connectivity index (χ2v) is 15.7. The topological polar surface area (TPSA) is 115 Å². The molecule has 0 amide bonds. The lowest BCUT2D eigenvalue weighted by molar-refractivity contribution is 0.00578. The zero-order valence-electron chi connectivity index (χ0n) is 32.5. The lowest BCUT2D eigenvalue weighted by atomic mass is 9.80. The van der Waals surface area contributed by atoms with Crippen molar-refractivity contribution in [2.24, 2.45) is 0 Å². The minimum Gasteiger partial charge on any atom is -0.475 e. The normalized spacial score (nSPS) is 14.6. The maximum Gasteiger partial charge on any atom is 0.495 e. The van der Waals surface area contributed by atoms with E-state index in [9.17, 15) is 8.78 Å². The number of rotatable bonds is 8. The highest BCUT2D eigenvalue weighted by Gasteiger charge is 2.51. The van der Waals surface area contributed by atoms with Gasteiger partial charge in [0.25, 0.3) is 0 Å². The summed E-state index contributed by atoms with van der Waals surface area (Å²) in [6.07, 6.45) is 3.50. The van der Waals surface area contributed by atoms with Gasteiger partial charge in [-0.15, -0.1) is 0 Å². The summed E-state index contributed by atoms with van der Waals surface area (Å²) in [5.74, 6) is 0.981. The van der Waals surface area contributed by atoms with Crippen molar-refractivity contribution in [3.05, 3.63) is 88.2 Å². The van der Waals surface area contributed by atoms with Crippen LogP contribution in [0.3, 0.4) is 0 Å². The molecule has 0 atom stereocenters. The average molecular weight is 784 g/mol. The van der Waals surface area contributed by atoms with Crippen LogP contribution in [0.5, 0.6) is 11.8 Å². The van der Waals surface area contributed by atoms with E-state index in [1.54, 1.807) is 18.5 Å². The van der Waals surface area contributed by atoms with Crippen molar-refractivity contribution in [2.45, 2.75) is 118 Å². The van der Waals surface area contributed by atoms with Gasteiger partial charge in [0.05, 0.1) is 23.4 Å². The molecule has 0 unspecified atom stereocenters. The molecule has 8 nitrogen and oxygen atoms in total. The molecule has 0 aliphatic carbocycles. The van der Waals surface area contributed by atoms with Crippen LogP contribution in [0, 0.1) is 11.6 Å². The first-order valence-corrected chi connectivity index (χ1v) is 18.4. The molecule has 1 aliphatic rings. The maximum atomic E-state index is 13.9. The molecule has 1 aliphatic heterocycles. The highest BCUT2D eigenvalue weighted by atomic mass is 79.9. The lowest BCUT2D eigenvalue weighted by Gasteiger charge is -2.32. The smallest absolute Gasteiger partial charge is 0.475 e. The Balaban J connectivity index is 0.000000218. The molecule has 282 valence electrons. The minimum absolute atomic E-state index is 0.0313. The zero-order chi connectivity index (χ0) is 39.1. The zero-order valence-corrected chi connectivity index (χ0v) is 34.1. The second-order valence-electron chi connectivity index (χ2n) is 14.9. The molecule has 52 heavy (non-hydrogen) atoms. The summed E-state index contributed by atoms with van der Waals surface area (Å²) in [6, 6.07) is 13.2. The Kier molecular flexibility index (Phi) is 14.7. The van der Waals surface area contributed by atoms with Crippen LogP contribution in [-0.2, 0) is 9.31 Å². The van der Waals surface area contributed by atoms with Crippen molar-refractivity contribution >= 4 is 39.9 Å². The summed E-state index contributed by atoms with van der Waals surface area (Å²) in [6.45, 7) is 23.9. The number of anilines is 2. The molecule has 2 aromatic heterocycles. The van der Waals surface area contributed by atoms with Gasteiger partial charge < -0.3 is 30.2 Å².